The molecule has 0 amide bonds. The maximum atomic E-state index is 12.3. The summed E-state index contributed by atoms with van der Waals surface area (Å²) in [5.41, 5.74) is 2.69. The molecule has 1 aliphatic rings. The Morgan fingerprint density at radius 1 is 1.17 bits per heavy atom. The van der Waals surface area contributed by atoms with Crippen LogP contribution >= 0.6 is 24.0 Å². The molecule has 0 atom stereocenters. The molecular formula is C21H36IN3O3S. The number of halogens is 1. The molecule has 0 spiro atoms. The fraction of sp³-hybridized carbons (Fsp3) is 0.667. The summed E-state index contributed by atoms with van der Waals surface area (Å²) >= 11 is 0. The molecule has 1 heterocycles. The highest BCUT2D eigenvalue weighted by atomic mass is 127. The summed E-state index contributed by atoms with van der Waals surface area (Å²) in [6.45, 7) is 6.50. The predicted octanol–water partition coefficient (Wildman–Crippen LogP) is 3.12. The number of nitrogens with one attached hydrogen (secondary N) is 2. The highest BCUT2D eigenvalue weighted by Crippen LogP contribution is 2.28. The van der Waals surface area contributed by atoms with Crippen molar-refractivity contribution in [3.63, 3.8) is 0 Å². The standard InChI is InChI=1S/C21H35N3O3S.HI/c1-17(2)19-9-7-18(8-10-19)6-5-13-23-20(22-3)24-16-21(28(4,25)26)11-14-27-15-12-21;/h7-10,17H,5-6,11-16H2,1-4H3,(H2,22,23,24);1H. The van der Waals surface area contributed by atoms with Gasteiger partial charge in [-0.2, -0.15) is 0 Å². The first-order chi connectivity index (χ1) is 13.3. The van der Waals surface area contributed by atoms with Crippen LogP contribution in [0.15, 0.2) is 29.3 Å². The van der Waals surface area contributed by atoms with E-state index in [0.29, 0.717) is 44.5 Å². The van der Waals surface area contributed by atoms with E-state index in [1.165, 1.54) is 17.4 Å². The predicted molar refractivity (Wildman–Crippen MR) is 131 cm³/mol. The van der Waals surface area contributed by atoms with Crippen LogP contribution in [0.25, 0.3) is 0 Å². The summed E-state index contributed by atoms with van der Waals surface area (Å²) in [4.78, 5) is 4.23. The van der Waals surface area contributed by atoms with Gasteiger partial charge in [-0.3, -0.25) is 4.99 Å². The molecule has 0 bridgehead atoms. The van der Waals surface area contributed by atoms with Crippen molar-refractivity contribution in [3.05, 3.63) is 35.4 Å². The van der Waals surface area contributed by atoms with Gasteiger partial charge in [-0.15, -0.1) is 24.0 Å². The summed E-state index contributed by atoms with van der Waals surface area (Å²) in [7, 11) is -1.48. The minimum atomic E-state index is -3.19. The number of ether oxygens (including phenoxy) is 1. The number of rotatable bonds is 8. The minimum absolute atomic E-state index is 0. The largest absolute Gasteiger partial charge is 0.381 e. The Hall–Kier alpha value is -0.870. The number of hydrogen-bond donors (Lipinski definition) is 2. The molecule has 0 saturated carbocycles. The van der Waals surface area contributed by atoms with E-state index in [0.717, 1.165) is 19.4 Å². The lowest BCUT2D eigenvalue weighted by molar-refractivity contribution is 0.0756. The second kappa shape index (κ2) is 12.1. The summed E-state index contributed by atoms with van der Waals surface area (Å²) in [6, 6.07) is 8.80. The zero-order valence-corrected chi connectivity index (χ0v) is 21.2. The molecule has 0 aliphatic carbocycles. The van der Waals surface area contributed by atoms with Gasteiger partial charge in [-0.05, 0) is 42.7 Å². The molecule has 29 heavy (non-hydrogen) atoms. The molecule has 1 saturated heterocycles. The van der Waals surface area contributed by atoms with Crippen molar-refractivity contribution in [2.75, 3.05) is 39.6 Å². The van der Waals surface area contributed by atoms with Crippen LogP contribution in [0.5, 0.6) is 0 Å². The Morgan fingerprint density at radius 3 is 2.31 bits per heavy atom. The van der Waals surface area contributed by atoms with Crippen molar-refractivity contribution < 1.29 is 13.2 Å². The van der Waals surface area contributed by atoms with E-state index in [1.54, 1.807) is 7.05 Å². The molecule has 0 aromatic heterocycles. The van der Waals surface area contributed by atoms with E-state index in [2.05, 4.69) is 53.7 Å². The van der Waals surface area contributed by atoms with Gasteiger partial charge < -0.3 is 15.4 Å². The van der Waals surface area contributed by atoms with E-state index in [9.17, 15) is 8.42 Å². The van der Waals surface area contributed by atoms with Gasteiger partial charge in [-0.25, -0.2) is 8.42 Å². The summed E-state index contributed by atoms with van der Waals surface area (Å²) in [5.74, 6) is 1.20. The zero-order chi connectivity index (χ0) is 20.6. The smallest absolute Gasteiger partial charge is 0.191 e. The fourth-order valence-electron chi connectivity index (χ4n) is 3.46. The lowest BCUT2D eigenvalue weighted by Gasteiger charge is -2.35. The molecule has 8 heteroatoms. The molecule has 2 N–H and O–H groups in total. The van der Waals surface area contributed by atoms with Crippen LogP contribution in [0.2, 0.25) is 0 Å². The molecule has 1 fully saturated rings. The third-order valence-corrected chi connectivity index (χ3v) is 7.70. The van der Waals surface area contributed by atoms with Crippen molar-refractivity contribution in [1.82, 2.24) is 10.6 Å². The molecule has 2 rings (SSSR count). The molecule has 6 nitrogen and oxygen atoms in total. The van der Waals surface area contributed by atoms with Crippen LogP contribution in [0.4, 0.5) is 0 Å². The Bertz CT molecular complexity index is 743. The molecular weight excluding hydrogens is 501 g/mol. The van der Waals surface area contributed by atoms with Crippen molar-refractivity contribution in [2.45, 2.75) is 50.2 Å². The highest BCUT2D eigenvalue weighted by molar-refractivity contribution is 14.0. The van der Waals surface area contributed by atoms with Gasteiger partial charge in [0.05, 0.1) is 4.75 Å². The van der Waals surface area contributed by atoms with Gasteiger partial charge in [0.1, 0.15) is 0 Å². The average Bonchev–Trinajstić information content (AvgIpc) is 2.67. The number of hydrogen-bond acceptors (Lipinski definition) is 4. The Kier molecular flexibility index (Phi) is 10.9. The van der Waals surface area contributed by atoms with Crippen LogP contribution in [0.1, 0.15) is 50.2 Å². The highest BCUT2D eigenvalue weighted by Gasteiger charge is 2.42. The molecule has 166 valence electrons. The van der Waals surface area contributed by atoms with Crippen LogP contribution in [-0.4, -0.2) is 58.7 Å². The van der Waals surface area contributed by atoms with Gasteiger partial charge in [0, 0.05) is 39.6 Å². The third-order valence-electron chi connectivity index (χ3n) is 5.57. The second-order valence-electron chi connectivity index (χ2n) is 7.92. The Morgan fingerprint density at radius 2 is 1.79 bits per heavy atom. The number of nitrogens with zero attached hydrogens (tertiary/aromatic N) is 1. The van der Waals surface area contributed by atoms with Gasteiger partial charge in [0.15, 0.2) is 15.8 Å². The molecule has 1 aromatic rings. The van der Waals surface area contributed by atoms with Crippen molar-refractivity contribution in [2.24, 2.45) is 4.99 Å². The van der Waals surface area contributed by atoms with E-state index < -0.39 is 14.6 Å². The first-order valence-corrected chi connectivity index (χ1v) is 12.0. The van der Waals surface area contributed by atoms with E-state index in [4.69, 9.17) is 4.74 Å². The van der Waals surface area contributed by atoms with Crippen molar-refractivity contribution in [1.29, 1.82) is 0 Å². The van der Waals surface area contributed by atoms with Gasteiger partial charge >= 0.3 is 0 Å². The topological polar surface area (TPSA) is 79.8 Å². The molecule has 1 aromatic carbocycles. The average molecular weight is 538 g/mol. The number of aryl methyl sites for hydroxylation is 1. The van der Waals surface area contributed by atoms with Crippen LogP contribution in [-0.2, 0) is 21.0 Å². The monoisotopic (exact) mass is 537 g/mol. The summed E-state index contributed by atoms with van der Waals surface area (Å²) in [5, 5.41) is 6.50. The number of guanidine groups is 1. The van der Waals surface area contributed by atoms with E-state index in [-0.39, 0.29) is 24.0 Å². The molecule has 0 unspecified atom stereocenters. The van der Waals surface area contributed by atoms with E-state index in [1.807, 2.05) is 0 Å². The lowest BCUT2D eigenvalue weighted by atomic mass is 9.99. The van der Waals surface area contributed by atoms with Crippen LogP contribution in [0.3, 0.4) is 0 Å². The van der Waals surface area contributed by atoms with Gasteiger partial charge in [0.2, 0.25) is 0 Å². The molecule has 0 radical (unpaired) electrons. The molecule has 1 aliphatic heterocycles. The normalized spacial score (nSPS) is 16.9. The maximum Gasteiger partial charge on any atom is 0.191 e. The second-order valence-corrected chi connectivity index (χ2v) is 10.3. The first-order valence-electron chi connectivity index (χ1n) is 10.1. The lowest BCUT2D eigenvalue weighted by Crippen LogP contribution is -2.53. The maximum absolute atomic E-state index is 12.3. The van der Waals surface area contributed by atoms with E-state index >= 15 is 0 Å². The minimum Gasteiger partial charge on any atom is -0.381 e. The summed E-state index contributed by atoms with van der Waals surface area (Å²) < 4.78 is 29.3. The van der Waals surface area contributed by atoms with Gasteiger partial charge in [0.25, 0.3) is 0 Å². The number of sulfone groups is 1. The quantitative estimate of drug-likeness (QED) is 0.231. The Labute approximate surface area is 193 Å². The van der Waals surface area contributed by atoms with Gasteiger partial charge in [-0.1, -0.05) is 38.1 Å². The fourth-order valence-corrected chi connectivity index (χ4v) is 4.70. The Balaban J connectivity index is 0.00000420. The van der Waals surface area contributed by atoms with Crippen molar-refractivity contribution in [3.8, 4) is 0 Å². The zero-order valence-electron chi connectivity index (χ0n) is 18.0. The van der Waals surface area contributed by atoms with Crippen LogP contribution < -0.4 is 10.6 Å². The number of benzene rings is 1. The van der Waals surface area contributed by atoms with Crippen LogP contribution in [0, 0.1) is 0 Å². The SMILES string of the molecule is CN=C(NCCCc1ccc(C(C)C)cc1)NCC1(S(C)(=O)=O)CCOCC1.I. The summed E-state index contributed by atoms with van der Waals surface area (Å²) in [6.07, 6.45) is 4.32. The number of aliphatic imine (C=N–C) groups is 1. The third kappa shape index (κ3) is 7.71. The van der Waals surface area contributed by atoms with Crippen molar-refractivity contribution >= 4 is 39.8 Å². The first kappa shape index (κ1) is 26.2.